The van der Waals surface area contributed by atoms with Crippen molar-refractivity contribution in [2.24, 2.45) is 0 Å². The summed E-state index contributed by atoms with van der Waals surface area (Å²) in [5.41, 5.74) is 2.06. The Kier molecular flexibility index (Phi) is 3.64. The zero-order valence-corrected chi connectivity index (χ0v) is 13.3. The Morgan fingerprint density at radius 3 is 2.26 bits per heavy atom. The molecular formula is C17H13F2NO2S. The van der Waals surface area contributed by atoms with E-state index in [2.05, 4.69) is 4.98 Å². The standard InChI is InChI=1S/C17H13F2NO2S/c1-10-7-15(11-3-5-13(6-4-11)23(2,21)22)20-16-9-12(18)8-14(19)17(10)16/h3-9H,1-2H3. The lowest BCUT2D eigenvalue weighted by Gasteiger charge is -2.08. The van der Waals surface area contributed by atoms with Crippen LogP contribution in [0.4, 0.5) is 8.78 Å². The van der Waals surface area contributed by atoms with E-state index in [0.717, 1.165) is 12.3 Å². The van der Waals surface area contributed by atoms with Crippen LogP contribution in [0, 0.1) is 18.6 Å². The number of pyridine rings is 1. The Labute approximate surface area is 132 Å². The molecule has 3 rings (SSSR count). The second-order valence-corrected chi connectivity index (χ2v) is 7.42. The monoisotopic (exact) mass is 333 g/mol. The van der Waals surface area contributed by atoms with Gasteiger partial charge in [0, 0.05) is 29.3 Å². The maximum Gasteiger partial charge on any atom is 0.175 e. The minimum absolute atomic E-state index is 0.204. The first kappa shape index (κ1) is 15.6. The Hall–Kier alpha value is -2.34. The Morgan fingerprint density at radius 1 is 1.00 bits per heavy atom. The van der Waals surface area contributed by atoms with Crippen LogP contribution in [0.15, 0.2) is 47.4 Å². The van der Waals surface area contributed by atoms with Crippen molar-refractivity contribution in [2.45, 2.75) is 11.8 Å². The lowest BCUT2D eigenvalue weighted by molar-refractivity contribution is 0.591. The van der Waals surface area contributed by atoms with Gasteiger partial charge in [-0.05, 0) is 30.7 Å². The summed E-state index contributed by atoms with van der Waals surface area (Å²) < 4.78 is 50.3. The zero-order valence-electron chi connectivity index (χ0n) is 12.5. The molecule has 0 atom stereocenters. The predicted molar refractivity (Wildman–Crippen MR) is 84.9 cm³/mol. The van der Waals surface area contributed by atoms with Crippen LogP contribution in [0.5, 0.6) is 0 Å². The minimum atomic E-state index is -3.28. The van der Waals surface area contributed by atoms with Gasteiger partial charge in [0.05, 0.1) is 16.1 Å². The number of fused-ring (bicyclic) bond motifs is 1. The summed E-state index contributed by atoms with van der Waals surface area (Å²) in [4.78, 5) is 4.49. The highest BCUT2D eigenvalue weighted by molar-refractivity contribution is 7.90. The highest BCUT2D eigenvalue weighted by atomic mass is 32.2. The first-order valence-electron chi connectivity index (χ1n) is 6.82. The summed E-state index contributed by atoms with van der Waals surface area (Å²) in [6, 6.07) is 9.92. The molecule has 0 N–H and O–H groups in total. The van der Waals surface area contributed by atoms with Crippen molar-refractivity contribution in [3.63, 3.8) is 0 Å². The fourth-order valence-corrected chi connectivity index (χ4v) is 3.13. The second kappa shape index (κ2) is 5.38. The molecule has 118 valence electrons. The maximum atomic E-state index is 13.9. The molecule has 23 heavy (non-hydrogen) atoms. The van der Waals surface area contributed by atoms with E-state index in [1.54, 1.807) is 25.1 Å². The van der Waals surface area contributed by atoms with Gasteiger partial charge in [0.1, 0.15) is 11.6 Å². The van der Waals surface area contributed by atoms with Crippen LogP contribution >= 0.6 is 0 Å². The molecule has 0 spiro atoms. The molecule has 6 heteroatoms. The first-order chi connectivity index (χ1) is 10.8. The van der Waals surface area contributed by atoms with Crippen LogP contribution in [0.25, 0.3) is 22.2 Å². The zero-order chi connectivity index (χ0) is 16.8. The second-order valence-electron chi connectivity index (χ2n) is 5.40. The summed E-state index contributed by atoms with van der Waals surface area (Å²) in [7, 11) is -3.28. The third-order valence-electron chi connectivity index (χ3n) is 3.60. The average molecular weight is 333 g/mol. The van der Waals surface area contributed by atoms with E-state index in [1.807, 2.05) is 0 Å². The Balaban J connectivity index is 2.17. The van der Waals surface area contributed by atoms with E-state index >= 15 is 0 Å². The van der Waals surface area contributed by atoms with Crippen LogP contribution in [0.1, 0.15) is 5.56 Å². The molecule has 3 aromatic rings. The van der Waals surface area contributed by atoms with E-state index in [-0.39, 0.29) is 15.8 Å². The molecule has 0 saturated heterocycles. The van der Waals surface area contributed by atoms with Gasteiger partial charge in [-0.15, -0.1) is 0 Å². The van der Waals surface area contributed by atoms with Crippen molar-refractivity contribution in [2.75, 3.05) is 6.26 Å². The van der Waals surface area contributed by atoms with Gasteiger partial charge in [-0.25, -0.2) is 22.2 Å². The highest BCUT2D eigenvalue weighted by Gasteiger charge is 2.12. The van der Waals surface area contributed by atoms with E-state index in [1.165, 1.54) is 18.2 Å². The topological polar surface area (TPSA) is 47.0 Å². The van der Waals surface area contributed by atoms with E-state index in [0.29, 0.717) is 16.8 Å². The normalized spacial score (nSPS) is 11.8. The van der Waals surface area contributed by atoms with Gasteiger partial charge in [0.2, 0.25) is 0 Å². The van der Waals surface area contributed by atoms with Gasteiger partial charge in [-0.3, -0.25) is 0 Å². The smallest absolute Gasteiger partial charge is 0.175 e. The van der Waals surface area contributed by atoms with Crippen molar-refractivity contribution < 1.29 is 17.2 Å². The number of sulfone groups is 1. The number of aryl methyl sites for hydroxylation is 1. The fourth-order valence-electron chi connectivity index (χ4n) is 2.50. The van der Waals surface area contributed by atoms with Crippen molar-refractivity contribution in [3.8, 4) is 11.3 Å². The largest absolute Gasteiger partial charge is 0.248 e. The summed E-state index contributed by atoms with van der Waals surface area (Å²) in [6.45, 7) is 1.72. The van der Waals surface area contributed by atoms with E-state index in [9.17, 15) is 17.2 Å². The number of rotatable bonds is 2. The average Bonchev–Trinajstić information content (AvgIpc) is 2.45. The van der Waals surface area contributed by atoms with Crippen LogP contribution < -0.4 is 0 Å². The van der Waals surface area contributed by atoms with Crippen molar-refractivity contribution in [1.82, 2.24) is 4.98 Å². The molecule has 3 nitrogen and oxygen atoms in total. The van der Waals surface area contributed by atoms with Gasteiger partial charge in [-0.2, -0.15) is 0 Å². The molecule has 0 amide bonds. The Morgan fingerprint density at radius 2 is 1.65 bits per heavy atom. The lowest BCUT2D eigenvalue weighted by Crippen LogP contribution is -1.97. The molecule has 2 aromatic carbocycles. The number of nitrogens with zero attached hydrogens (tertiary/aromatic N) is 1. The predicted octanol–water partition coefficient (Wildman–Crippen LogP) is 3.89. The molecule has 0 aliphatic rings. The molecule has 0 unspecified atom stereocenters. The van der Waals surface area contributed by atoms with Gasteiger partial charge >= 0.3 is 0 Å². The van der Waals surface area contributed by atoms with E-state index in [4.69, 9.17) is 0 Å². The Bertz CT molecular complexity index is 1010. The molecule has 0 aliphatic carbocycles. The number of hydrogen-bond acceptors (Lipinski definition) is 3. The molecule has 1 heterocycles. The third kappa shape index (κ3) is 2.94. The van der Waals surface area contributed by atoms with Gasteiger partial charge in [0.25, 0.3) is 0 Å². The maximum absolute atomic E-state index is 13.9. The first-order valence-corrected chi connectivity index (χ1v) is 8.72. The summed E-state index contributed by atoms with van der Waals surface area (Å²) >= 11 is 0. The molecule has 0 radical (unpaired) electrons. The summed E-state index contributed by atoms with van der Waals surface area (Å²) in [5.74, 6) is -1.34. The molecule has 0 bridgehead atoms. The minimum Gasteiger partial charge on any atom is -0.248 e. The van der Waals surface area contributed by atoms with E-state index < -0.39 is 21.5 Å². The van der Waals surface area contributed by atoms with Crippen LogP contribution in [-0.2, 0) is 9.84 Å². The van der Waals surface area contributed by atoms with Gasteiger partial charge < -0.3 is 0 Å². The van der Waals surface area contributed by atoms with Gasteiger partial charge in [-0.1, -0.05) is 12.1 Å². The van der Waals surface area contributed by atoms with Crippen molar-refractivity contribution in [1.29, 1.82) is 0 Å². The van der Waals surface area contributed by atoms with Gasteiger partial charge in [0.15, 0.2) is 9.84 Å². The lowest BCUT2D eigenvalue weighted by atomic mass is 10.0. The fraction of sp³-hybridized carbons (Fsp3) is 0.118. The SMILES string of the molecule is Cc1cc(-c2ccc(S(C)(=O)=O)cc2)nc2cc(F)cc(F)c12. The molecule has 0 aliphatic heterocycles. The quantitative estimate of drug-likeness (QED) is 0.715. The van der Waals surface area contributed by atoms with Crippen LogP contribution in [0.2, 0.25) is 0 Å². The van der Waals surface area contributed by atoms with Crippen LogP contribution in [-0.4, -0.2) is 19.7 Å². The van der Waals surface area contributed by atoms with Crippen molar-refractivity contribution in [3.05, 3.63) is 59.7 Å². The number of benzene rings is 2. The third-order valence-corrected chi connectivity index (χ3v) is 4.73. The molecular weight excluding hydrogens is 320 g/mol. The number of halogens is 2. The highest BCUT2D eigenvalue weighted by Crippen LogP contribution is 2.27. The number of hydrogen-bond donors (Lipinski definition) is 0. The summed E-state index contributed by atoms with van der Waals surface area (Å²) in [5, 5.41) is 0.280. The molecule has 0 fully saturated rings. The molecule has 1 aromatic heterocycles. The van der Waals surface area contributed by atoms with Crippen LogP contribution in [0.3, 0.4) is 0 Å². The number of aromatic nitrogens is 1. The summed E-state index contributed by atoms with van der Waals surface area (Å²) in [6.07, 6.45) is 1.13. The van der Waals surface area contributed by atoms with Crippen molar-refractivity contribution >= 4 is 20.7 Å². The molecule has 0 saturated carbocycles.